The van der Waals surface area contributed by atoms with Crippen molar-refractivity contribution in [1.29, 1.82) is 5.26 Å². The number of aromatic nitrogens is 2. The highest BCUT2D eigenvalue weighted by molar-refractivity contribution is 5.39. The number of hydrogen-bond acceptors (Lipinski definition) is 4. The van der Waals surface area contributed by atoms with Gasteiger partial charge >= 0.3 is 5.69 Å². The van der Waals surface area contributed by atoms with E-state index in [1.165, 1.54) is 0 Å². The third kappa shape index (κ3) is 2.03. The Bertz CT molecular complexity index is 444. The van der Waals surface area contributed by atoms with Crippen LogP contribution in [0.2, 0.25) is 0 Å². The van der Waals surface area contributed by atoms with Gasteiger partial charge in [0.15, 0.2) is 0 Å². The highest BCUT2D eigenvalue weighted by Crippen LogP contribution is 2.26. The molecule has 16 heavy (non-hydrogen) atoms. The summed E-state index contributed by atoms with van der Waals surface area (Å²) in [4.78, 5) is 10.4. The summed E-state index contributed by atoms with van der Waals surface area (Å²) in [6, 6.07) is 1.99. The zero-order chi connectivity index (χ0) is 12.3. The lowest BCUT2D eigenvalue weighted by Crippen LogP contribution is -2.11. The summed E-state index contributed by atoms with van der Waals surface area (Å²) in [6.45, 7) is 5.21. The molecule has 0 aliphatic carbocycles. The minimum Gasteiger partial charge on any atom is -0.258 e. The standard InChI is InChI=1S/C10H14N4O2/c1-4-9(5-6-11)13-8(3)10(14(15)16)7(2)12-13/h9H,4-5H2,1-3H3. The number of hydrogen-bond donors (Lipinski definition) is 0. The van der Waals surface area contributed by atoms with E-state index in [0.29, 0.717) is 17.8 Å². The van der Waals surface area contributed by atoms with Crippen LogP contribution in [0.4, 0.5) is 5.69 Å². The van der Waals surface area contributed by atoms with Gasteiger partial charge in [0.25, 0.3) is 0 Å². The molecule has 0 N–H and O–H groups in total. The van der Waals surface area contributed by atoms with Gasteiger partial charge in [-0.05, 0) is 20.3 Å². The van der Waals surface area contributed by atoms with Crippen molar-refractivity contribution in [3.63, 3.8) is 0 Å². The molecule has 1 rings (SSSR count). The Morgan fingerprint density at radius 3 is 2.62 bits per heavy atom. The summed E-state index contributed by atoms with van der Waals surface area (Å²) in [6.07, 6.45) is 1.04. The Morgan fingerprint density at radius 1 is 1.62 bits per heavy atom. The highest BCUT2D eigenvalue weighted by Gasteiger charge is 2.24. The van der Waals surface area contributed by atoms with Crippen molar-refractivity contribution < 1.29 is 4.92 Å². The molecular weight excluding hydrogens is 208 g/mol. The smallest absolute Gasteiger partial charge is 0.258 e. The van der Waals surface area contributed by atoms with Crippen LogP contribution in [0.25, 0.3) is 0 Å². The largest absolute Gasteiger partial charge is 0.312 e. The van der Waals surface area contributed by atoms with E-state index in [-0.39, 0.29) is 11.7 Å². The summed E-state index contributed by atoms with van der Waals surface area (Å²) in [7, 11) is 0. The molecule has 0 aromatic carbocycles. The fourth-order valence-electron chi connectivity index (χ4n) is 1.78. The maximum atomic E-state index is 10.8. The van der Waals surface area contributed by atoms with E-state index in [1.807, 2.05) is 6.92 Å². The molecule has 0 saturated carbocycles. The molecule has 0 bridgehead atoms. The Hall–Kier alpha value is -1.90. The average molecular weight is 222 g/mol. The molecule has 1 aromatic heterocycles. The summed E-state index contributed by atoms with van der Waals surface area (Å²) in [5, 5.41) is 23.6. The fourth-order valence-corrected chi connectivity index (χ4v) is 1.78. The van der Waals surface area contributed by atoms with Gasteiger partial charge in [0.2, 0.25) is 0 Å². The first-order valence-corrected chi connectivity index (χ1v) is 5.09. The third-order valence-corrected chi connectivity index (χ3v) is 2.61. The topological polar surface area (TPSA) is 84.8 Å². The van der Waals surface area contributed by atoms with Crippen molar-refractivity contribution in [2.24, 2.45) is 0 Å². The first-order valence-electron chi connectivity index (χ1n) is 5.09. The van der Waals surface area contributed by atoms with Crippen LogP contribution < -0.4 is 0 Å². The van der Waals surface area contributed by atoms with Gasteiger partial charge in [0.05, 0.1) is 23.5 Å². The average Bonchev–Trinajstić information content (AvgIpc) is 2.50. The van der Waals surface area contributed by atoms with Gasteiger partial charge in [0, 0.05) is 0 Å². The second-order valence-corrected chi connectivity index (χ2v) is 3.65. The Morgan fingerprint density at radius 2 is 2.25 bits per heavy atom. The molecule has 0 radical (unpaired) electrons. The fraction of sp³-hybridized carbons (Fsp3) is 0.600. The zero-order valence-corrected chi connectivity index (χ0v) is 9.60. The third-order valence-electron chi connectivity index (χ3n) is 2.61. The quantitative estimate of drug-likeness (QED) is 0.577. The van der Waals surface area contributed by atoms with Gasteiger partial charge in [0.1, 0.15) is 11.4 Å². The van der Waals surface area contributed by atoms with Crippen LogP contribution in [0.5, 0.6) is 0 Å². The second kappa shape index (κ2) is 4.75. The first kappa shape index (κ1) is 12.2. The molecule has 6 heteroatoms. The number of nitrogens with zero attached hydrogens (tertiary/aromatic N) is 4. The van der Waals surface area contributed by atoms with Crippen molar-refractivity contribution in [3.8, 4) is 6.07 Å². The monoisotopic (exact) mass is 222 g/mol. The molecule has 86 valence electrons. The molecule has 1 heterocycles. The maximum absolute atomic E-state index is 10.8. The van der Waals surface area contributed by atoms with Crippen LogP contribution in [-0.2, 0) is 0 Å². The van der Waals surface area contributed by atoms with Crippen molar-refractivity contribution >= 4 is 5.69 Å². The van der Waals surface area contributed by atoms with E-state index >= 15 is 0 Å². The van der Waals surface area contributed by atoms with Crippen molar-refractivity contribution in [1.82, 2.24) is 9.78 Å². The lowest BCUT2D eigenvalue weighted by Gasteiger charge is -2.12. The highest BCUT2D eigenvalue weighted by atomic mass is 16.6. The molecule has 0 amide bonds. The van der Waals surface area contributed by atoms with Gasteiger partial charge in [-0.1, -0.05) is 6.92 Å². The van der Waals surface area contributed by atoms with Crippen molar-refractivity contribution in [2.75, 3.05) is 0 Å². The van der Waals surface area contributed by atoms with Crippen LogP contribution in [-0.4, -0.2) is 14.7 Å². The minimum atomic E-state index is -0.423. The van der Waals surface area contributed by atoms with Gasteiger partial charge in [-0.15, -0.1) is 0 Å². The summed E-state index contributed by atoms with van der Waals surface area (Å²) in [5.41, 5.74) is 0.972. The second-order valence-electron chi connectivity index (χ2n) is 3.65. The van der Waals surface area contributed by atoms with Crippen molar-refractivity contribution in [3.05, 3.63) is 21.5 Å². The van der Waals surface area contributed by atoms with Crippen LogP contribution in [0.1, 0.15) is 37.2 Å². The van der Waals surface area contributed by atoms with Crippen LogP contribution in [0, 0.1) is 35.3 Å². The Kier molecular flexibility index (Phi) is 3.61. The molecule has 0 spiro atoms. The van der Waals surface area contributed by atoms with Crippen LogP contribution in [0.15, 0.2) is 0 Å². The molecule has 0 aliphatic heterocycles. The lowest BCUT2D eigenvalue weighted by atomic mass is 10.1. The SMILES string of the molecule is CCC(CC#N)n1nc(C)c([N+](=O)[O-])c1C. The molecule has 0 aliphatic rings. The normalized spacial score (nSPS) is 12.1. The van der Waals surface area contributed by atoms with E-state index in [2.05, 4.69) is 11.2 Å². The molecule has 0 saturated heterocycles. The minimum absolute atomic E-state index is 0.0522. The Balaban J connectivity index is 3.21. The molecule has 1 atom stereocenters. The van der Waals surface area contributed by atoms with Crippen LogP contribution >= 0.6 is 0 Å². The van der Waals surface area contributed by atoms with Gasteiger partial charge in [-0.2, -0.15) is 10.4 Å². The van der Waals surface area contributed by atoms with Gasteiger partial charge in [-0.25, -0.2) is 0 Å². The number of rotatable bonds is 4. The van der Waals surface area contributed by atoms with Crippen molar-refractivity contribution in [2.45, 2.75) is 39.7 Å². The molecular formula is C10H14N4O2. The van der Waals surface area contributed by atoms with Crippen LogP contribution in [0.3, 0.4) is 0 Å². The zero-order valence-electron chi connectivity index (χ0n) is 9.60. The molecule has 1 unspecified atom stereocenters. The maximum Gasteiger partial charge on any atom is 0.312 e. The van der Waals surface area contributed by atoms with E-state index in [9.17, 15) is 10.1 Å². The predicted octanol–water partition coefficient (Wildman–Crippen LogP) is 2.27. The van der Waals surface area contributed by atoms with E-state index in [4.69, 9.17) is 5.26 Å². The molecule has 0 fully saturated rings. The van der Waals surface area contributed by atoms with E-state index in [0.717, 1.165) is 6.42 Å². The summed E-state index contributed by atoms with van der Waals surface area (Å²) < 4.78 is 1.59. The van der Waals surface area contributed by atoms with E-state index in [1.54, 1.807) is 18.5 Å². The van der Waals surface area contributed by atoms with Gasteiger partial charge in [-0.3, -0.25) is 14.8 Å². The Labute approximate surface area is 93.6 Å². The number of nitro groups is 1. The summed E-state index contributed by atoms with van der Waals surface area (Å²) in [5.74, 6) is 0. The van der Waals surface area contributed by atoms with Gasteiger partial charge < -0.3 is 0 Å². The predicted molar refractivity (Wildman–Crippen MR) is 57.9 cm³/mol. The number of nitriles is 1. The first-order chi connectivity index (χ1) is 7.52. The molecule has 6 nitrogen and oxygen atoms in total. The number of aryl methyl sites for hydroxylation is 1. The lowest BCUT2D eigenvalue weighted by molar-refractivity contribution is -0.386. The summed E-state index contributed by atoms with van der Waals surface area (Å²) >= 11 is 0. The molecule has 1 aromatic rings. The van der Waals surface area contributed by atoms with E-state index < -0.39 is 4.92 Å².